The molecule has 1 heterocycles. The number of hydrogen-bond donors (Lipinski definition) is 0. The number of nitrogens with zero attached hydrogens (tertiary/aromatic N) is 1. The van der Waals surface area contributed by atoms with Crippen molar-refractivity contribution in [2.45, 2.75) is 19.3 Å². The summed E-state index contributed by atoms with van der Waals surface area (Å²) in [6.07, 6.45) is -2.23. The number of carbonyl (C=O) groups is 1. The van der Waals surface area contributed by atoms with Crippen molar-refractivity contribution >= 4 is 16.0 Å². The zero-order valence-corrected chi connectivity index (χ0v) is 17.1. The molecule has 1 aromatic heterocycles. The first-order valence-corrected chi connectivity index (χ1v) is 10.8. The van der Waals surface area contributed by atoms with Gasteiger partial charge in [0, 0.05) is 12.1 Å². The highest BCUT2D eigenvalue weighted by Gasteiger charge is 2.31. The van der Waals surface area contributed by atoms with Crippen molar-refractivity contribution in [1.82, 2.24) is 4.90 Å². The van der Waals surface area contributed by atoms with Crippen molar-refractivity contribution in [3.63, 3.8) is 0 Å². The topological polar surface area (TPSA) is 76.8 Å². The number of benzene rings is 2. The fourth-order valence-corrected chi connectivity index (χ4v) is 3.31. The van der Waals surface area contributed by atoms with Crippen LogP contribution in [-0.4, -0.2) is 25.5 Å². The first kappa shape index (κ1) is 22.4. The average Bonchev–Trinajstić information content (AvgIpc) is 3.20. The van der Waals surface area contributed by atoms with Gasteiger partial charge < -0.3 is 13.5 Å². The van der Waals surface area contributed by atoms with Crippen molar-refractivity contribution in [3.05, 3.63) is 89.4 Å². The average molecular weight is 453 g/mol. The zero-order chi connectivity index (χ0) is 22.6. The summed E-state index contributed by atoms with van der Waals surface area (Å²) in [5.41, 5.74) is -0.412. The summed E-state index contributed by atoms with van der Waals surface area (Å²) in [7, 11) is -3.68. The van der Waals surface area contributed by atoms with Gasteiger partial charge in [0.15, 0.2) is 0 Å². The summed E-state index contributed by atoms with van der Waals surface area (Å²) in [5, 5.41) is 0. The smallest absolute Gasteiger partial charge is 0.416 e. The highest BCUT2D eigenvalue weighted by molar-refractivity contribution is 7.86. The molecule has 0 aliphatic rings. The van der Waals surface area contributed by atoms with Gasteiger partial charge in [-0.25, -0.2) is 0 Å². The lowest BCUT2D eigenvalue weighted by Crippen LogP contribution is -2.30. The van der Waals surface area contributed by atoms with Gasteiger partial charge in [-0.3, -0.25) is 4.79 Å². The van der Waals surface area contributed by atoms with Gasteiger partial charge in [-0.2, -0.15) is 21.6 Å². The van der Waals surface area contributed by atoms with E-state index >= 15 is 0 Å². The Balaban J connectivity index is 1.86. The predicted molar refractivity (Wildman–Crippen MR) is 106 cm³/mol. The Labute approximate surface area is 177 Å². The van der Waals surface area contributed by atoms with Crippen LogP contribution in [0.25, 0.3) is 0 Å². The highest BCUT2D eigenvalue weighted by Crippen LogP contribution is 2.30. The normalized spacial score (nSPS) is 11.9. The molecule has 3 aromatic rings. The lowest BCUT2D eigenvalue weighted by Gasteiger charge is -2.22. The molecule has 3 rings (SSSR count). The van der Waals surface area contributed by atoms with Crippen molar-refractivity contribution in [1.29, 1.82) is 0 Å². The van der Waals surface area contributed by atoms with E-state index in [2.05, 4.69) is 0 Å². The van der Waals surface area contributed by atoms with Crippen molar-refractivity contribution < 1.29 is 35.0 Å². The second kappa shape index (κ2) is 8.84. The molecule has 2 aromatic carbocycles. The molecule has 0 spiro atoms. The molecule has 0 radical (unpaired) electrons. The summed E-state index contributed by atoms with van der Waals surface area (Å²) in [5.74, 6) is -0.0515. The van der Waals surface area contributed by atoms with E-state index in [9.17, 15) is 26.4 Å². The number of furan rings is 1. The summed E-state index contributed by atoms with van der Waals surface area (Å²) < 4.78 is 71.6. The summed E-state index contributed by atoms with van der Waals surface area (Å²) in [6, 6.07) is 13.5. The van der Waals surface area contributed by atoms with Gasteiger partial charge in [0.2, 0.25) is 0 Å². The maximum Gasteiger partial charge on any atom is 0.416 e. The molecule has 1 amide bonds. The Morgan fingerprint density at radius 1 is 1.03 bits per heavy atom. The number of hydrogen-bond acceptors (Lipinski definition) is 5. The summed E-state index contributed by atoms with van der Waals surface area (Å²) >= 11 is 0. The molecule has 0 aliphatic carbocycles. The molecule has 0 saturated heterocycles. The van der Waals surface area contributed by atoms with Crippen LogP contribution in [0.5, 0.6) is 5.75 Å². The minimum atomic E-state index is -4.57. The number of carbonyl (C=O) groups excluding carboxylic acids is 1. The monoisotopic (exact) mass is 453 g/mol. The molecule has 6 nitrogen and oxygen atoms in total. The third-order valence-electron chi connectivity index (χ3n) is 4.20. The molecule has 0 N–H and O–H groups in total. The zero-order valence-electron chi connectivity index (χ0n) is 16.3. The van der Waals surface area contributed by atoms with Crippen LogP contribution in [0.3, 0.4) is 0 Å². The summed E-state index contributed by atoms with van der Waals surface area (Å²) in [6.45, 7) is 0.0819. The maximum absolute atomic E-state index is 13.0. The number of amides is 1. The molecular formula is C21H18F3NO5S. The van der Waals surface area contributed by atoms with E-state index in [4.69, 9.17) is 8.60 Å². The second-order valence-corrected chi connectivity index (χ2v) is 8.33. The third kappa shape index (κ3) is 6.35. The minimum absolute atomic E-state index is 0.0314. The standard InChI is InChI=1S/C21H18F3NO5S/c1-31(27,28)30-18-9-7-15(8-10-18)13-25(14-19-6-3-11-29-19)20(26)16-4-2-5-17(12-16)21(22,23)24/h2-12H,13-14H2,1H3. The van der Waals surface area contributed by atoms with Gasteiger partial charge in [0.1, 0.15) is 11.5 Å². The second-order valence-electron chi connectivity index (χ2n) is 6.75. The molecular weight excluding hydrogens is 435 g/mol. The summed E-state index contributed by atoms with van der Waals surface area (Å²) in [4.78, 5) is 14.4. The quantitative estimate of drug-likeness (QED) is 0.493. The Hall–Kier alpha value is -3.27. The van der Waals surface area contributed by atoms with Gasteiger partial charge in [0.25, 0.3) is 5.91 Å². The molecule has 0 bridgehead atoms. The van der Waals surface area contributed by atoms with E-state index in [-0.39, 0.29) is 24.4 Å². The van der Waals surface area contributed by atoms with Crippen molar-refractivity contribution in [3.8, 4) is 5.75 Å². The van der Waals surface area contributed by atoms with Crippen LogP contribution in [0.1, 0.15) is 27.2 Å². The van der Waals surface area contributed by atoms with E-state index in [0.717, 1.165) is 18.4 Å². The fraction of sp³-hybridized carbons (Fsp3) is 0.190. The SMILES string of the molecule is CS(=O)(=O)Oc1ccc(CN(Cc2ccco2)C(=O)c2cccc(C(F)(F)F)c2)cc1. The van der Waals surface area contributed by atoms with E-state index in [1.807, 2.05) is 0 Å². The molecule has 0 saturated carbocycles. The fourth-order valence-electron chi connectivity index (χ4n) is 2.85. The van der Waals surface area contributed by atoms with Gasteiger partial charge in [-0.1, -0.05) is 18.2 Å². The Morgan fingerprint density at radius 3 is 2.32 bits per heavy atom. The van der Waals surface area contributed by atoms with Crippen LogP contribution in [0, 0.1) is 0 Å². The van der Waals surface area contributed by atoms with Crippen LogP contribution in [0.4, 0.5) is 13.2 Å². The Bertz CT molecular complexity index is 1140. The van der Waals surface area contributed by atoms with E-state index in [0.29, 0.717) is 11.3 Å². The first-order valence-electron chi connectivity index (χ1n) is 8.98. The van der Waals surface area contributed by atoms with E-state index < -0.39 is 27.8 Å². The van der Waals surface area contributed by atoms with Crippen LogP contribution < -0.4 is 4.18 Å². The molecule has 10 heteroatoms. The number of rotatable bonds is 7. The molecule has 0 unspecified atom stereocenters. The maximum atomic E-state index is 13.0. The van der Waals surface area contributed by atoms with Crippen LogP contribution >= 0.6 is 0 Å². The third-order valence-corrected chi connectivity index (χ3v) is 4.69. The lowest BCUT2D eigenvalue weighted by atomic mass is 10.1. The van der Waals surface area contributed by atoms with Gasteiger partial charge in [-0.05, 0) is 48.0 Å². The van der Waals surface area contributed by atoms with Crippen molar-refractivity contribution in [2.75, 3.05) is 6.26 Å². The number of halogens is 3. The molecule has 31 heavy (non-hydrogen) atoms. The highest BCUT2D eigenvalue weighted by atomic mass is 32.2. The number of alkyl halides is 3. The Kier molecular flexibility index (Phi) is 6.40. The minimum Gasteiger partial charge on any atom is -0.467 e. The van der Waals surface area contributed by atoms with Crippen molar-refractivity contribution in [2.24, 2.45) is 0 Å². The van der Waals surface area contributed by atoms with Crippen LogP contribution in [-0.2, 0) is 29.4 Å². The molecule has 164 valence electrons. The van der Waals surface area contributed by atoms with Crippen LogP contribution in [0.15, 0.2) is 71.3 Å². The first-order chi connectivity index (χ1) is 14.5. The van der Waals surface area contributed by atoms with E-state index in [1.165, 1.54) is 35.4 Å². The van der Waals surface area contributed by atoms with Crippen LogP contribution in [0.2, 0.25) is 0 Å². The van der Waals surface area contributed by atoms with Gasteiger partial charge in [0.05, 0.1) is 24.6 Å². The van der Waals surface area contributed by atoms with E-state index in [1.54, 1.807) is 24.3 Å². The van der Waals surface area contributed by atoms with Gasteiger partial charge >= 0.3 is 16.3 Å². The predicted octanol–water partition coefficient (Wildman–Crippen LogP) is 4.48. The van der Waals surface area contributed by atoms with Gasteiger partial charge in [-0.15, -0.1) is 0 Å². The molecule has 0 fully saturated rings. The largest absolute Gasteiger partial charge is 0.467 e. The molecule has 0 atom stereocenters. The Morgan fingerprint density at radius 2 is 1.74 bits per heavy atom. The lowest BCUT2D eigenvalue weighted by molar-refractivity contribution is -0.137. The molecule has 0 aliphatic heterocycles.